The molecule has 0 saturated carbocycles. The van der Waals surface area contributed by atoms with Crippen LogP contribution in [0.4, 0.5) is 26.3 Å². The van der Waals surface area contributed by atoms with Crippen LogP contribution in [-0.4, -0.2) is 54.6 Å². The number of nitrogens with zero attached hydrogens (tertiary/aromatic N) is 2. The van der Waals surface area contributed by atoms with Gasteiger partial charge in [-0.15, -0.1) is 0 Å². The van der Waals surface area contributed by atoms with E-state index < -0.39 is 35.4 Å². The lowest BCUT2D eigenvalue weighted by Gasteiger charge is -2.42. The standard InChI is InChI=1S/C25H31F6N3O/c1-4-16-11-23(25(29,30)31)34-8-7-33(14-19(34)6-5-15(16)2)24(35)12-18(32-3)9-17-10-21(27)22(28)13-20(17)26/h6,10-11,13,15-16,18,32H,4-5,7-9,12,14H2,1-3H3. The van der Waals surface area contributed by atoms with Crippen LogP contribution in [0.2, 0.25) is 0 Å². The molecule has 1 aromatic carbocycles. The third kappa shape index (κ3) is 6.39. The molecule has 1 amide bonds. The highest BCUT2D eigenvalue weighted by Crippen LogP contribution is 2.37. The number of hydrogen-bond acceptors (Lipinski definition) is 3. The van der Waals surface area contributed by atoms with Crippen molar-refractivity contribution in [1.29, 1.82) is 0 Å². The number of piperazine rings is 1. The van der Waals surface area contributed by atoms with E-state index in [1.807, 2.05) is 13.8 Å². The van der Waals surface area contributed by atoms with Crippen LogP contribution in [-0.2, 0) is 11.2 Å². The van der Waals surface area contributed by atoms with Crippen molar-refractivity contribution < 1.29 is 31.1 Å². The molecule has 194 valence electrons. The SMILES string of the molecule is CCC1C=C(C(F)(F)F)N2CCN(C(=O)CC(Cc3cc(F)c(F)cc3F)NC)CC2=CCC1C. The van der Waals surface area contributed by atoms with Crippen LogP contribution in [0.5, 0.6) is 0 Å². The maximum Gasteiger partial charge on any atom is 0.431 e. The first-order valence-electron chi connectivity index (χ1n) is 11.8. The van der Waals surface area contributed by atoms with Gasteiger partial charge in [0.25, 0.3) is 0 Å². The Labute approximate surface area is 201 Å². The number of carbonyl (C=O) groups is 1. The molecule has 0 bridgehead atoms. The smallest absolute Gasteiger partial charge is 0.338 e. The fourth-order valence-electron chi connectivity index (χ4n) is 4.71. The maximum absolute atomic E-state index is 14.1. The number of amides is 1. The molecule has 3 atom stereocenters. The molecular formula is C25H31F6N3O. The second-order valence-electron chi connectivity index (χ2n) is 9.25. The van der Waals surface area contributed by atoms with Gasteiger partial charge in [-0.05, 0) is 49.8 Å². The van der Waals surface area contributed by atoms with Crippen molar-refractivity contribution in [3.05, 3.63) is 58.7 Å². The zero-order valence-electron chi connectivity index (χ0n) is 20.1. The summed E-state index contributed by atoms with van der Waals surface area (Å²) in [7, 11) is 1.57. The number of halogens is 6. The molecule has 35 heavy (non-hydrogen) atoms. The largest absolute Gasteiger partial charge is 0.431 e. The summed E-state index contributed by atoms with van der Waals surface area (Å²) >= 11 is 0. The van der Waals surface area contributed by atoms with Crippen LogP contribution in [0.25, 0.3) is 0 Å². The zero-order chi connectivity index (χ0) is 25.9. The van der Waals surface area contributed by atoms with Gasteiger partial charge in [-0.25, -0.2) is 13.2 Å². The number of nitrogens with one attached hydrogen (secondary N) is 1. The Kier molecular flexibility index (Phi) is 8.56. The van der Waals surface area contributed by atoms with Gasteiger partial charge in [-0.1, -0.05) is 26.0 Å². The highest BCUT2D eigenvalue weighted by molar-refractivity contribution is 5.77. The van der Waals surface area contributed by atoms with E-state index in [4.69, 9.17) is 0 Å². The van der Waals surface area contributed by atoms with E-state index in [2.05, 4.69) is 5.32 Å². The van der Waals surface area contributed by atoms with E-state index in [-0.39, 0.29) is 55.8 Å². The molecule has 0 aliphatic carbocycles. The van der Waals surface area contributed by atoms with Gasteiger partial charge in [0.05, 0.1) is 6.54 Å². The fourth-order valence-corrected chi connectivity index (χ4v) is 4.71. The number of benzene rings is 1. The Balaban J connectivity index is 1.74. The van der Waals surface area contributed by atoms with Crippen molar-refractivity contribution in [3.63, 3.8) is 0 Å². The molecule has 1 N–H and O–H groups in total. The third-order valence-electron chi connectivity index (χ3n) is 6.91. The summed E-state index contributed by atoms with van der Waals surface area (Å²) < 4.78 is 82.6. The maximum atomic E-state index is 14.1. The summed E-state index contributed by atoms with van der Waals surface area (Å²) in [5, 5.41) is 2.89. The van der Waals surface area contributed by atoms with Gasteiger partial charge in [0.2, 0.25) is 5.91 Å². The van der Waals surface area contributed by atoms with Gasteiger partial charge in [0, 0.05) is 37.3 Å². The van der Waals surface area contributed by atoms with Crippen molar-refractivity contribution >= 4 is 5.91 Å². The Morgan fingerprint density at radius 1 is 1.14 bits per heavy atom. The van der Waals surface area contributed by atoms with Crippen LogP contribution >= 0.6 is 0 Å². The van der Waals surface area contributed by atoms with E-state index in [0.29, 0.717) is 24.6 Å². The number of allylic oxidation sites excluding steroid dienone is 3. The molecule has 2 heterocycles. The van der Waals surface area contributed by atoms with Gasteiger partial charge in [0.15, 0.2) is 11.6 Å². The predicted octanol–water partition coefficient (Wildman–Crippen LogP) is 5.16. The van der Waals surface area contributed by atoms with Gasteiger partial charge in [-0.3, -0.25) is 4.79 Å². The molecule has 4 nitrogen and oxygen atoms in total. The number of alkyl halides is 3. The van der Waals surface area contributed by atoms with Crippen LogP contribution in [0, 0.1) is 29.3 Å². The quantitative estimate of drug-likeness (QED) is 0.430. The molecule has 3 rings (SSSR count). The molecule has 2 aliphatic heterocycles. The number of fused-ring (bicyclic) bond motifs is 1. The van der Waals surface area contributed by atoms with Crippen molar-refractivity contribution in [2.75, 3.05) is 26.7 Å². The van der Waals surface area contributed by atoms with Crippen molar-refractivity contribution in [2.45, 2.75) is 51.7 Å². The molecule has 10 heteroatoms. The summed E-state index contributed by atoms with van der Waals surface area (Å²) in [6.45, 7) is 3.94. The van der Waals surface area contributed by atoms with Crippen LogP contribution in [0.1, 0.15) is 38.7 Å². The first-order chi connectivity index (χ1) is 16.4. The second kappa shape index (κ2) is 11.1. The Bertz CT molecular complexity index is 990. The van der Waals surface area contributed by atoms with Gasteiger partial charge >= 0.3 is 6.18 Å². The van der Waals surface area contributed by atoms with E-state index >= 15 is 0 Å². The summed E-state index contributed by atoms with van der Waals surface area (Å²) in [6.07, 6.45) is -0.319. The lowest BCUT2D eigenvalue weighted by Crippen LogP contribution is -2.50. The van der Waals surface area contributed by atoms with Gasteiger partial charge in [-0.2, -0.15) is 13.2 Å². The first-order valence-corrected chi connectivity index (χ1v) is 11.8. The molecule has 1 aromatic rings. The van der Waals surface area contributed by atoms with E-state index in [1.165, 1.54) is 15.9 Å². The molecule has 1 saturated heterocycles. The van der Waals surface area contributed by atoms with Crippen LogP contribution in [0.15, 0.2) is 35.7 Å². The number of hydrogen-bond donors (Lipinski definition) is 1. The third-order valence-corrected chi connectivity index (χ3v) is 6.91. The van der Waals surface area contributed by atoms with E-state index in [1.54, 1.807) is 13.1 Å². The number of carbonyl (C=O) groups excluding carboxylic acids is 1. The Hall–Kier alpha value is -2.49. The average molecular weight is 504 g/mol. The van der Waals surface area contributed by atoms with Crippen molar-refractivity contribution in [1.82, 2.24) is 15.1 Å². The summed E-state index contributed by atoms with van der Waals surface area (Å²) in [5.74, 6) is -3.86. The zero-order valence-corrected chi connectivity index (χ0v) is 20.1. The van der Waals surface area contributed by atoms with Crippen LogP contribution in [0.3, 0.4) is 0 Å². The Morgan fingerprint density at radius 3 is 2.46 bits per heavy atom. The first kappa shape index (κ1) is 27.1. The normalized spacial score (nSPS) is 22.1. The monoisotopic (exact) mass is 503 g/mol. The van der Waals surface area contributed by atoms with Crippen molar-refractivity contribution in [3.8, 4) is 0 Å². The predicted molar refractivity (Wildman–Crippen MR) is 121 cm³/mol. The van der Waals surface area contributed by atoms with Gasteiger partial charge in [0.1, 0.15) is 11.5 Å². The highest BCUT2D eigenvalue weighted by Gasteiger charge is 2.42. The topological polar surface area (TPSA) is 35.6 Å². The lowest BCUT2D eigenvalue weighted by atomic mass is 9.86. The van der Waals surface area contributed by atoms with E-state index in [0.717, 1.165) is 6.07 Å². The van der Waals surface area contributed by atoms with Crippen LogP contribution < -0.4 is 5.32 Å². The summed E-state index contributed by atoms with van der Waals surface area (Å²) in [5.41, 5.74) is -0.318. The molecule has 1 fully saturated rings. The Morgan fingerprint density at radius 2 is 1.83 bits per heavy atom. The molecule has 3 unspecified atom stereocenters. The molecule has 0 radical (unpaired) electrons. The summed E-state index contributed by atoms with van der Waals surface area (Å²) in [6, 6.07) is 0.671. The van der Waals surface area contributed by atoms with Gasteiger partial charge < -0.3 is 15.1 Å². The highest BCUT2D eigenvalue weighted by atomic mass is 19.4. The minimum absolute atomic E-state index is 0.00968. The molecular weight excluding hydrogens is 472 g/mol. The minimum Gasteiger partial charge on any atom is -0.338 e. The fraction of sp³-hybridized carbons (Fsp3) is 0.560. The average Bonchev–Trinajstić information content (AvgIpc) is 2.79. The second-order valence-corrected chi connectivity index (χ2v) is 9.25. The number of likely N-dealkylation sites (N-methyl/N-ethyl adjacent to an activating group) is 1. The summed E-state index contributed by atoms with van der Waals surface area (Å²) in [4.78, 5) is 15.8. The van der Waals surface area contributed by atoms with E-state index in [9.17, 15) is 31.1 Å². The van der Waals surface area contributed by atoms with Crippen molar-refractivity contribution in [2.24, 2.45) is 11.8 Å². The molecule has 0 aromatic heterocycles. The molecule has 2 aliphatic rings. The lowest BCUT2D eigenvalue weighted by molar-refractivity contribution is -0.133. The molecule has 0 spiro atoms. The minimum atomic E-state index is -4.51. The number of rotatable bonds is 6.